The average Bonchev–Trinajstić information content (AvgIpc) is 3.06. The third-order valence-electron chi connectivity index (χ3n) is 5.50. The van der Waals surface area contributed by atoms with Crippen LogP contribution in [-0.2, 0) is 0 Å². The molecule has 3 N–H and O–H groups in total. The van der Waals surface area contributed by atoms with E-state index in [0.717, 1.165) is 5.92 Å². The molecule has 0 spiro atoms. The number of nitrogens with zero attached hydrogens (tertiary/aromatic N) is 1. The largest absolute Gasteiger partial charge is 0.488 e. The van der Waals surface area contributed by atoms with Crippen LogP contribution >= 0.6 is 0 Å². The summed E-state index contributed by atoms with van der Waals surface area (Å²) in [7, 11) is -1.34. The third-order valence-corrected chi connectivity index (χ3v) is 5.50. The molecule has 5 rings (SSSR count). The van der Waals surface area contributed by atoms with E-state index in [9.17, 15) is 0 Å². The van der Waals surface area contributed by atoms with Gasteiger partial charge >= 0.3 is 7.12 Å². The van der Waals surface area contributed by atoms with Gasteiger partial charge in [-0.3, -0.25) is 4.98 Å². The molecule has 1 aliphatic rings. The molecule has 0 aliphatic carbocycles. The van der Waals surface area contributed by atoms with Gasteiger partial charge in [0.1, 0.15) is 0 Å². The van der Waals surface area contributed by atoms with Crippen molar-refractivity contribution in [3.63, 3.8) is 0 Å². The van der Waals surface area contributed by atoms with Gasteiger partial charge in [-0.1, -0.05) is 133 Å². The second kappa shape index (κ2) is 25.1. The molecular weight excluding hydrogens is 479 g/mol. The van der Waals surface area contributed by atoms with E-state index in [1.807, 2.05) is 90.3 Å². The third kappa shape index (κ3) is 15.7. The number of benzene rings is 3. The quantitative estimate of drug-likeness (QED) is 0.243. The van der Waals surface area contributed by atoms with Gasteiger partial charge in [0.05, 0.1) is 0 Å². The molecule has 0 unspecified atom stereocenters. The minimum absolute atomic E-state index is 0.525. The van der Waals surface area contributed by atoms with E-state index >= 15 is 0 Å². The van der Waals surface area contributed by atoms with Gasteiger partial charge in [0.15, 0.2) is 0 Å². The molecule has 0 radical (unpaired) electrons. The van der Waals surface area contributed by atoms with Crippen molar-refractivity contribution in [1.29, 1.82) is 0 Å². The van der Waals surface area contributed by atoms with Gasteiger partial charge in [-0.15, -0.1) is 0 Å². The summed E-state index contributed by atoms with van der Waals surface area (Å²) in [6.07, 6.45) is 6.21. The van der Waals surface area contributed by atoms with Crippen LogP contribution in [0.15, 0.2) is 116 Å². The Kier molecular flexibility index (Phi) is 23.0. The summed E-state index contributed by atoms with van der Waals surface area (Å²) in [5.74, 6) is 0.799. The number of piperidine rings is 1. The Morgan fingerprint density at radius 1 is 0.590 bits per heavy atom. The van der Waals surface area contributed by atoms with Crippen LogP contribution in [-0.4, -0.2) is 35.2 Å². The summed E-state index contributed by atoms with van der Waals surface area (Å²) < 4.78 is 0. The lowest BCUT2D eigenvalue weighted by Crippen LogP contribution is -2.29. The first kappa shape index (κ1) is 35.8. The van der Waals surface area contributed by atoms with Gasteiger partial charge in [0.25, 0.3) is 0 Å². The maximum absolute atomic E-state index is 8.58. The van der Waals surface area contributed by atoms with E-state index in [-0.39, 0.29) is 0 Å². The fourth-order valence-corrected chi connectivity index (χ4v) is 3.68. The summed E-state index contributed by atoms with van der Waals surface area (Å²) >= 11 is 0. The zero-order chi connectivity index (χ0) is 29.1. The first-order chi connectivity index (χ1) is 19.2. The molecule has 4 nitrogen and oxygen atoms in total. The van der Waals surface area contributed by atoms with Crippen molar-refractivity contribution >= 4 is 12.6 Å². The smallest absolute Gasteiger partial charge is 0.423 e. The average molecular weight is 529 g/mol. The molecule has 1 fully saturated rings. The van der Waals surface area contributed by atoms with Gasteiger partial charge in [-0.2, -0.15) is 0 Å². The molecule has 210 valence electrons. The van der Waals surface area contributed by atoms with E-state index in [1.165, 1.54) is 42.6 Å². The summed E-state index contributed by atoms with van der Waals surface area (Å²) in [6, 6.07) is 33.8. The Bertz CT molecular complexity index is 975. The Hall–Kier alpha value is -3.25. The van der Waals surface area contributed by atoms with Crippen molar-refractivity contribution in [2.24, 2.45) is 0 Å². The fourth-order valence-electron chi connectivity index (χ4n) is 3.68. The lowest BCUT2D eigenvalue weighted by Gasteiger charge is -2.22. The molecule has 1 aliphatic heterocycles. The van der Waals surface area contributed by atoms with Crippen LogP contribution in [0.4, 0.5) is 0 Å². The van der Waals surface area contributed by atoms with Crippen molar-refractivity contribution in [1.82, 2.24) is 10.3 Å². The van der Waals surface area contributed by atoms with E-state index < -0.39 is 7.12 Å². The number of pyridine rings is 1. The van der Waals surface area contributed by atoms with E-state index in [0.29, 0.717) is 5.46 Å². The summed E-state index contributed by atoms with van der Waals surface area (Å²) in [4.78, 5) is 3.97. The van der Waals surface area contributed by atoms with Crippen molar-refractivity contribution in [3.8, 4) is 11.1 Å². The number of nitrogens with one attached hydrogen (secondary N) is 1. The number of aromatic nitrogens is 1. The Morgan fingerprint density at radius 3 is 1.44 bits per heavy atom. The van der Waals surface area contributed by atoms with Crippen LogP contribution < -0.4 is 10.8 Å². The molecule has 2 heterocycles. The molecule has 0 amide bonds. The highest BCUT2D eigenvalue weighted by atomic mass is 16.4. The monoisotopic (exact) mass is 528 g/mol. The van der Waals surface area contributed by atoms with Crippen molar-refractivity contribution in [3.05, 3.63) is 121 Å². The SMILES string of the molecule is CC.CC.CC.OB(O)c1ccccc1.c1ccc(-c2ccncc2)cc1.c1ccc(C2CCNCC2)cc1. The van der Waals surface area contributed by atoms with Crippen LogP contribution in [0.3, 0.4) is 0 Å². The highest BCUT2D eigenvalue weighted by Crippen LogP contribution is 2.24. The molecule has 0 atom stereocenters. The molecule has 0 bridgehead atoms. The van der Waals surface area contributed by atoms with E-state index in [2.05, 4.69) is 52.8 Å². The summed E-state index contributed by atoms with van der Waals surface area (Å²) in [5.41, 5.74) is 4.49. The lowest BCUT2D eigenvalue weighted by atomic mass is 9.81. The van der Waals surface area contributed by atoms with Crippen molar-refractivity contribution in [2.75, 3.05) is 13.1 Å². The molecule has 3 aromatic carbocycles. The van der Waals surface area contributed by atoms with Gasteiger partial charge in [-0.25, -0.2) is 0 Å². The second-order valence-corrected chi connectivity index (χ2v) is 7.82. The molecule has 1 saturated heterocycles. The fraction of sp³-hybridized carbons (Fsp3) is 0.324. The van der Waals surface area contributed by atoms with Gasteiger partial charge < -0.3 is 15.4 Å². The molecule has 4 aromatic rings. The zero-order valence-electron chi connectivity index (χ0n) is 24.8. The van der Waals surface area contributed by atoms with E-state index in [1.54, 1.807) is 24.3 Å². The highest BCUT2D eigenvalue weighted by molar-refractivity contribution is 6.58. The summed E-state index contributed by atoms with van der Waals surface area (Å²) in [6.45, 7) is 14.4. The molecule has 0 saturated carbocycles. The number of hydrogen-bond donors (Lipinski definition) is 3. The van der Waals surface area contributed by atoms with E-state index in [4.69, 9.17) is 10.0 Å². The number of rotatable bonds is 3. The van der Waals surface area contributed by atoms with Crippen molar-refractivity contribution < 1.29 is 10.0 Å². The summed E-state index contributed by atoms with van der Waals surface area (Å²) in [5, 5.41) is 20.5. The van der Waals surface area contributed by atoms with Crippen molar-refractivity contribution in [2.45, 2.75) is 60.3 Å². The second-order valence-electron chi connectivity index (χ2n) is 7.82. The Morgan fingerprint density at radius 2 is 1.00 bits per heavy atom. The maximum Gasteiger partial charge on any atom is 0.488 e. The van der Waals surface area contributed by atoms with Crippen LogP contribution in [0.1, 0.15) is 65.9 Å². The highest BCUT2D eigenvalue weighted by Gasteiger charge is 2.13. The minimum atomic E-state index is -1.34. The molecule has 39 heavy (non-hydrogen) atoms. The van der Waals surface area contributed by atoms with Gasteiger partial charge in [0, 0.05) is 12.4 Å². The molecular formula is C34H49BN2O2. The van der Waals surface area contributed by atoms with Gasteiger partial charge in [-0.05, 0) is 66.1 Å². The predicted molar refractivity (Wildman–Crippen MR) is 171 cm³/mol. The Balaban J connectivity index is 0.000000511. The zero-order valence-corrected chi connectivity index (χ0v) is 24.8. The molecule has 5 heteroatoms. The Labute approximate surface area is 238 Å². The molecule has 1 aromatic heterocycles. The van der Waals surface area contributed by atoms with Crippen LogP contribution in [0, 0.1) is 0 Å². The van der Waals surface area contributed by atoms with Crippen LogP contribution in [0.25, 0.3) is 11.1 Å². The number of hydrogen-bond acceptors (Lipinski definition) is 4. The lowest BCUT2D eigenvalue weighted by molar-refractivity contribution is 0.426. The normalized spacial score (nSPS) is 11.5. The predicted octanol–water partition coefficient (Wildman–Crippen LogP) is 7.35. The first-order valence-corrected chi connectivity index (χ1v) is 14.4. The van der Waals surface area contributed by atoms with Gasteiger partial charge in [0.2, 0.25) is 0 Å². The minimum Gasteiger partial charge on any atom is -0.423 e. The standard InChI is InChI=1S/C11H15N.C11H9N.C6H7BO2.3C2H6/c2*1-2-4-10(5-3-1)11-6-8-12-9-7-11;8-7(9)6-4-2-1-3-5-6;3*1-2/h1-5,11-12H,6-9H2;1-9H;1-5,8-9H;3*1-2H3. The van der Waals surface area contributed by atoms with Crippen LogP contribution in [0.2, 0.25) is 0 Å². The maximum atomic E-state index is 8.58. The first-order valence-electron chi connectivity index (χ1n) is 14.4. The topological polar surface area (TPSA) is 65.4 Å². The van der Waals surface area contributed by atoms with Crippen LogP contribution in [0.5, 0.6) is 0 Å².